The monoisotopic (exact) mass is 296 g/mol. The Hall–Kier alpha value is -3.24. The molecule has 1 nitrogen and oxygen atoms in total. The van der Waals surface area contributed by atoms with Crippen LogP contribution in [0.3, 0.4) is 0 Å². The minimum atomic E-state index is 0.0509. The van der Waals surface area contributed by atoms with E-state index in [1.165, 1.54) is 5.39 Å². The highest BCUT2D eigenvalue weighted by Crippen LogP contribution is 2.25. The summed E-state index contributed by atoms with van der Waals surface area (Å²) in [7, 11) is 0. The quantitative estimate of drug-likeness (QED) is 0.380. The van der Waals surface area contributed by atoms with Crippen LogP contribution in [0.15, 0.2) is 79.1 Å². The molecular weight excluding hydrogens is 280 g/mol. The number of aliphatic hydroxyl groups is 1. The molecule has 1 N–H and O–H groups in total. The van der Waals surface area contributed by atoms with Gasteiger partial charge in [-0.15, -0.1) is 6.42 Å². The Kier molecular flexibility index (Phi) is 3.99. The molecule has 3 aromatic carbocycles. The van der Waals surface area contributed by atoms with E-state index in [1.807, 2.05) is 30.3 Å². The molecule has 0 spiro atoms. The van der Waals surface area contributed by atoms with Crippen molar-refractivity contribution in [1.82, 2.24) is 0 Å². The maximum absolute atomic E-state index is 9.09. The number of terminal acetylenes is 1. The zero-order valence-electron chi connectivity index (χ0n) is 12.7. The molecule has 0 aliphatic carbocycles. The smallest absolute Gasteiger partial charge is 0.108 e. The highest BCUT2D eigenvalue weighted by atomic mass is 16.3. The predicted molar refractivity (Wildman–Crippen MR) is 98.1 cm³/mol. The summed E-state index contributed by atoms with van der Waals surface area (Å²) < 4.78 is 0. The van der Waals surface area contributed by atoms with Gasteiger partial charge in [0.05, 0.1) is 0 Å². The molecule has 3 rings (SSSR count). The average molecular weight is 296 g/mol. The van der Waals surface area contributed by atoms with E-state index in [0.29, 0.717) is 0 Å². The fourth-order valence-electron chi connectivity index (χ4n) is 2.49. The van der Waals surface area contributed by atoms with Crippen LogP contribution in [0, 0.1) is 12.3 Å². The first-order chi connectivity index (χ1) is 11.2. The third-order valence-corrected chi connectivity index (χ3v) is 3.72. The van der Waals surface area contributed by atoms with E-state index in [0.717, 1.165) is 27.6 Å². The molecule has 0 aromatic heterocycles. The van der Waals surface area contributed by atoms with E-state index in [9.17, 15) is 0 Å². The summed E-state index contributed by atoms with van der Waals surface area (Å²) in [5.41, 5.74) is 4.22. The molecule has 0 unspecified atom stereocenters. The van der Waals surface area contributed by atoms with Crippen LogP contribution in [0.4, 0.5) is 0 Å². The van der Waals surface area contributed by atoms with Crippen molar-refractivity contribution < 1.29 is 5.11 Å². The van der Waals surface area contributed by atoms with Gasteiger partial charge in [0, 0.05) is 5.56 Å². The van der Waals surface area contributed by atoms with Crippen LogP contribution in [-0.4, -0.2) is 5.11 Å². The Bertz CT molecular complexity index is 938. The van der Waals surface area contributed by atoms with Crippen molar-refractivity contribution in [2.75, 3.05) is 0 Å². The van der Waals surface area contributed by atoms with Gasteiger partial charge in [-0.2, -0.15) is 0 Å². The second-order valence-corrected chi connectivity index (χ2v) is 5.37. The maximum atomic E-state index is 9.09. The fourth-order valence-corrected chi connectivity index (χ4v) is 2.49. The lowest BCUT2D eigenvalue weighted by atomic mass is 9.99. The van der Waals surface area contributed by atoms with Crippen LogP contribution in [0.25, 0.3) is 28.0 Å². The zero-order valence-corrected chi connectivity index (χ0v) is 12.7. The molecule has 1 heteroatoms. The topological polar surface area (TPSA) is 20.2 Å². The number of fused-ring (bicyclic) bond motifs is 1. The molecule has 0 bridgehead atoms. The Balaban J connectivity index is 1.94. The van der Waals surface area contributed by atoms with Crippen LogP contribution in [0.5, 0.6) is 0 Å². The first-order valence-electron chi connectivity index (χ1n) is 7.32. The van der Waals surface area contributed by atoms with Gasteiger partial charge < -0.3 is 5.11 Å². The second-order valence-electron chi connectivity index (χ2n) is 5.37. The van der Waals surface area contributed by atoms with E-state index in [4.69, 9.17) is 11.5 Å². The van der Waals surface area contributed by atoms with Crippen molar-refractivity contribution in [1.29, 1.82) is 0 Å². The maximum Gasteiger partial charge on any atom is 0.108 e. The minimum absolute atomic E-state index is 0.0509. The molecule has 0 aliphatic rings. The molecule has 0 aliphatic heterocycles. The highest BCUT2D eigenvalue weighted by Gasteiger charge is 2.01. The lowest BCUT2D eigenvalue weighted by Crippen LogP contribution is -1.81. The van der Waals surface area contributed by atoms with E-state index >= 15 is 0 Å². The molecule has 0 saturated carbocycles. The molecule has 23 heavy (non-hydrogen) atoms. The van der Waals surface area contributed by atoms with Crippen LogP contribution in [0.2, 0.25) is 0 Å². The van der Waals surface area contributed by atoms with Gasteiger partial charge in [-0.25, -0.2) is 0 Å². The number of rotatable bonds is 3. The van der Waals surface area contributed by atoms with Crippen LogP contribution < -0.4 is 0 Å². The van der Waals surface area contributed by atoms with Gasteiger partial charge in [-0.1, -0.05) is 61.0 Å². The van der Waals surface area contributed by atoms with Crippen molar-refractivity contribution in [3.63, 3.8) is 0 Å². The molecule has 3 aromatic rings. The van der Waals surface area contributed by atoms with Crippen molar-refractivity contribution in [2.45, 2.75) is 0 Å². The predicted octanol–water partition coefficient (Wildman–Crippen LogP) is 5.57. The molecule has 0 amide bonds. The van der Waals surface area contributed by atoms with E-state index in [2.05, 4.69) is 48.9 Å². The van der Waals surface area contributed by atoms with Crippen molar-refractivity contribution in [3.8, 4) is 23.5 Å². The SMILES string of the molecule is C#Cc1ccc2cc(-c3ccc(/C=C/C(=C)O)cc3)ccc2c1. The number of hydrogen-bond donors (Lipinski definition) is 1. The van der Waals surface area contributed by atoms with E-state index in [1.54, 1.807) is 6.08 Å². The van der Waals surface area contributed by atoms with Crippen molar-refractivity contribution in [2.24, 2.45) is 0 Å². The van der Waals surface area contributed by atoms with Gasteiger partial charge in [0.25, 0.3) is 0 Å². The van der Waals surface area contributed by atoms with Gasteiger partial charge in [0.2, 0.25) is 0 Å². The van der Waals surface area contributed by atoms with E-state index < -0.39 is 0 Å². The summed E-state index contributed by atoms with van der Waals surface area (Å²) in [4.78, 5) is 0. The lowest BCUT2D eigenvalue weighted by molar-refractivity contribution is 0.436. The first kappa shape index (κ1) is 14.7. The molecule has 0 radical (unpaired) electrons. The van der Waals surface area contributed by atoms with Crippen LogP contribution in [0.1, 0.15) is 11.1 Å². The standard InChI is InChI=1S/C22H16O/c1-3-17-6-11-22-15-21(13-12-20(22)14-17)19-9-7-18(8-10-19)5-4-16(2)23/h1,4-15,23H,2H2/b5-4+. The normalized spacial score (nSPS) is 10.7. The summed E-state index contributed by atoms with van der Waals surface area (Å²) in [6.45, 7) is 3.43. The number of hydrogen-bond acceptors (Lipinski definition) is 1. The van der Waals surface area contributed by atoms with Gasteiger partial charge in [0.15, 0.2) is 0 Å². The first-order valence-corrected chi connectivity index (χ1v) is 7.32. The molecular formula is C22H16O. The number of aliphatic hydroxyl groups excluding tert-OH is 1. The fraction of sp³-hybridized carbons (Fsp3) is 0. The second kappa shape index (κ2) is 6.25. The molecule has 0 saturated heterocycles. The zero-order chi connectivity index (χ0) is 16.2. The highest BCUT2D eigenvalue weighted by molar-refractivity contribution is 5.88. The minimum Gasteiger partial charge on any atom is -0.509 e. The third kappa shape index (κ3) is 3.33. The Morgan fingerprint density at radius 3 is 2.26 bits per heavy atom. The number of benzene rings is 3. The molecule has 0 heterocycles. The van der Waals surface area contributed by atoms with Gasteiger partial charge in [-0.05, 0) is 51.7 Å². The summed E-state index contributed by atoms with van der Waals surface area (Å²) in [6, 6.07) is 20.6. The molecule has 0 fully saturated rings. The summed E-state index contributed by atoms with van der Waals surface area (Å²) in [6.07, 6.45) is 8.85. The lowest BCUT2D eigenvalue weighted by Gasteiger charge is -2.05. The number of allylic oxidation sites excluding steroid dienone is 1. The molecule has 0 atom stereocenters. The third-order valence-electron chi connectivity index (χ3n) is 3.72. The summed E-state index contributed by atoms with van der Waals surface area (Å²) in [5, 5.41) is 11.4. The summed E-state index contributed by atoms with van der Waals surface area (Å²) in [5.74, 6) is 2.71. The van der Waals surface area contributed by atoms with Crippen molar-refractivity contribution >= 4 is 16.8 Å². The van der Waals surface area contributed by atoms with Gasteiger partial charge in [-0.3, -0.25) is 0 Å². The van der Waals surface area contributed by atoms with E-state index in [-0.39, 0.29) is 5.76 Å². The Morgan fingerprint density at radius 1 is 0.913 bits per heavy atom. The van der Waals surface area contributed by atoms with Gasteiger partial charge >= 0.3 is 0 Å². The Labute approximate surface area is 136 Å². The Morgan fingerprint density at radius 2 is 1.57 bits per heavy atom. The largest absolute Gasteiger partial charge is 0.509 e. The van der Waals surface area contributed by atoms with Crippen LogP contribution >= 0.6 is 0 Å². The molecule has 110 valence electrons. The van der Waals surface area contributed by atoms with Crippen LogP contribution in [-0.2, 0) is 0 Å². The van der Waals surface area contributed by atoms with Gasteiger partial charge in [0.1, 0.15) is 5.76 Å². The van der Waals surface area contributed by atoms with Crippen molar-refractivity contribution in [3.05, 3.63) is 90.2 Å². The average Bonchev–Trinajstić information content (AvgIpc) is 2.59. The summed E-state index contributed by atoms with van der Waals surface area (Å²) >= 11 is 0.